The van der Waals surface area contributed by atoms with Gasteiger partial charge in [0.2, 0.25) is 0 Å². The fraction of sp³-hybridized carbons (Fsp3) is 0.333. The molecule has 1 unspecified atom stereocenters. The van der Waals surface area contributed by atoms with Crippen LogP contribution in [0.15, 0.2) is 54.7 Å². The van der Waals surface area contributed by atoms with Crippen LogP contribution in [0.5, 0.6) is 0 Å². The minimum absolute atomic E-state index is 0.0666. The molecule has 0 spiro atoms. The second kappa shape index (κ2) is 8.17. The number of hydrogen-bond acceptors (Lipinski definition) is 3. The summed E-state index contributed by atoms with van der Waals surface area (Å²) in [4.78, 5) is 20.3. The quantitative estimate of drug-likeness (QED) is 0.892. The van der Waals surface area contributed by atoms with Gasteiger partial charge in [0, 0.05) is 39.1 Å². The molecule has 0 bridgehead atoms. The van der Waals surface area contributed by atoms with Gasteiger partial charge in [-0.2, -0.15) is 0 Å². The monoisotopic (exact) mass is 312 g/mol. The zero-order valence-corrected chi connectivity index (χ0v) is 13.9. The first-order valence-electron chi connectivity index (χ1n) is 7.77. The van der Waals surface area contributed by atoms with Crippen LogP contribution in [0.25, 0.3) is 0 Å². The number of benzene rings is 1. The van der Waals surface area contributed by atoms with Crippen molar-refractivity contribution in [3.63, 3.8) is 0 Å². The molecule has 23 heavy (non-hydrogen) atoms. The van der Waals surface area contributed by atoms with Crippen LogP contribution in [0.3, 0.4) is 0 Å². The number of likely N-dealkylation sites (N-methyl/N-ethyl adjacent to an activating group) is 1. The van der Waals surface area contributed by atoms with Crippen LogP contribution in [0, 0.1) is 0 Å². The van der Waals surface area contributed by atoms with Crippen LogP contribution in [0.1, 0.15) is 18.7 Å². The van der Waals surface area contributed by atoms with Crippen molar-refractivity contribution in [2.45, 2.75) is 13.0 Å². The van der Waals surface area contributed by atoms with Gasteiger partial charge in [0.05, 0.1) is 11.7 Å². The molecule has 0 aliphatic rings. The minimum Gasteiger partial charge on any atom is -0.373 e. The molecular formula is C18H24N4O. The Morgan fingerprint density at radius 3 is 2.48 bits per heavy atom. The molecule has 2 aromatic rings. The van der Waals surface area contributed by atoms with Crippen molar-refractivity contribution in [1.29, 1.82) is 0 Å². The van der Waals surface area contributed by atoms with Gasteiger partial charge in [-0.25, -0.2) is 4.79 Å². The van der Waals surface area contributed by atoms with Gasteiger partial charge < -0.3 is 15.1 Å². The summed E-state index contributed by atoms with van der Waals surface area (Å²) in [5.41, 5.74) is 2.02. The smallest absolute Gasteiger partial charge is 0.317 e. The Morgan fingerprint density at radius 1 is 1.13 bits per heavy atom. The number of carbonyl (C=O) groups is 1. The van der Waals surface area contributed by atoms with Crippen molar-refractivity contribution < 1.29 is 4.79 Å². The first-order chi connectivity index (χ1) is 11.1. The predicted molar refractivity (Wildman–Crippen MR) is 93.5 cm³/mol. The van der Waals surface area contributed by atoms with Crippen molar-refractivity contribution in [1.82, 2.24) is 15.2 Å². The molecule has 1 aromatic heterocycles. The second-order valence-corrected chi connectivity index (χ2v) is 5.53. The SMILES string of the molecule is CC(c1ccccn1)N(C)C(=O)NCCN(C)c1ccccc1. The standard InChI is InChI=1S/C18H24N4O/c1-15(17-11-7-8-12-19-17)22(3)18(23)20-13-14-21(2)16-9-5-4-6-10-16/h4-12,15H,13-14H2,1-3H3,(H,20,23). The highest BCUT2D eigenvalue weighted by Gasteiger charge is 2.17. The van der Waals surface area contributed by atoms with E-state index in [2.05, 4.69) is 27.3 Å². The van der Waals surface area contributed by atoms with Crippen LogP contribution >= 0.6 is 0 Å². The Morgan fingerprint density at radius 2 is 1.83 bits per heavy atom. The Balaban J connectivity index is 1.80. The summed E-state index contributed by atoms with van der Waals surface area (Å²) in [6.07, 6.45) is 1.74. The Labute approximate surface area is 137 Å². The maximum Gasteiger partial charge on any atom is 0.317 e. The fourth-order valence-corrected chi connectivity index (χ4v) is 2.26. The summed E-state index contributed by atoms with van der Waals surface area (Å²) in [7, 11) is 3.80. The van der Waals surface area contributed by atoms with Crippen LogP contribution in [0.2, 0.25) is 0 Å². The largest absolute Gasteiger partial charge is 0.373 e. The molecule has 0 saturated heterocycles. The van der Waals surface area contributed by atoms with E-state index in [0.29, 0.717) is 6.54 Å². The van der Waals surface area contributed by atoms with Crippen LogP contribution in [0.4, 0.5) is 10.5 Å². The molecule has 1 aromatic carbocycles. The molecule has 0 aliphatic carbocycles. The van der Waals surface area contributed by atoms with E-state index < -0.39 is 0 Å². The number of urea groups is 1. The summed E-state index contributed by atoms with van der Waals surface area (Å²) in [6.45, 7) is 3.31. The highest BCUT2D eigenvalue weighted by Crippen LogP contribution is 2.15. The summed E-state index contributed by atoms with van der Waals surface area (Å²) >= 11 is 0. The molecule has 2 rings (SSSR count). The fourth-order valence-electron chi connectivity index (χ4n) is 2.26. The topological polar surface area (TPSA) is 48.5 Å². The Bertz CT molecular complexity index is 603. The number of hydrogen-bond donors (Lipinski definition) is 1. The predicted octanol–water partition coefficient (Wildman–Crippen LogP) is 2.92. The van der Waals surface area contributed by atoms with Crippen molar-refractivity contribution in [3.05, 3.63) is 60.4 Å². The van der Waals surface area contributed by atoms with Crippen LogP contribution < -0.4 is 10.2 Å². The third-order valence-electron chi connectivity index (χ3n) is 3.94. The number of nitrogens with zero attached hydrogens (tertiary/aromatic N) is 3. The number of rotatable bonds is 6. The van der Waals surface area contributed by atoms with Gasteiger partial charge in [0.25, 0.3) is 0 Å². The molecule has 1 N–H and O–H groups in total. The highest BCUT2D eigenvalue weighted by atomic mass is 16.2. The van der Waals surface area contributed by atoms with Gasteiger partial charge in [0.15, 0.2) is 0 Å². The third kappa shape index (κ3) is 4.71. The van der Waals surface area contributed by atoms with E-state index in [1.54, 1.807) is 18.1 Å². The molecule has 0 aliphatic heterocycles. The van der Waals surface area contributed by atoms with E-state index in [1.807, 2.05) is 50.4 Å². The first kappa shape index (κ1) is 16.8. The van der Waals surface area contributed by atoms with Gasteiger partial charge >= 0.3 is 6.03 Å². The summed E-state index contributed by atoms with van der Waals surface area (Å²) < 4.78 is 0. The van der Waals surface area contributed by atoms with Gasteiger partial charge in [-0.3, -0.25) is 4.98 Å². The van der Waals surface area contributed by atoms with Crippen LogP contribution in [-0.4, -0.2) is 43.1 Å². The molecule has 122 valence electrons. The number of aromatic nitrogens is 1. The Kier molecular flexibility index (Phi) is 5.97. The van der Waals surface area contributed by atoms with Crippen molar-refractivity contribution in [3.8, 4) is 0 Å². The molecule has 1 heterocycles. The van der Waals surface area contributed by atoms with E-state index in [4.69, 9.17) is 0 Å². The summed E-state index contributed by atoms with van der Waals surface area (Å²) in [6, 6.07) is 15.7. The van der Waals surface area contributed by atoms with Gasteiger partial charge in [-0.1, -0.05) is 24.3 Å². The lowest BCUT2D eigenvalue weighted by Crippen LogP contribution is -2.41. The van der Waals surface area contributed by atoms with Crippen LogP contribution in [-0.2, 0) is 0 Å². The molecular weight excluding hydrogens is 288 g/mol. The van der Waals surface area contributed by atoms with E-state index in [-0.39, 0.29) is 12.1 Å². The van der Waals surface area contributed by atoms with Gasteiger partial charge in [-0.05, 0) is 31.2 Å². The zero-order chi connectivity index (χ0) is 16.7. The lowest BCUT2D eigenvalue weighted by molar-refractivity contribution is 0.193. The number of nitrogens with one attached hydrogen (secondary N) is 1. The average Bonchev–Trinajstić information content (AvgIpc) is 2.61. The maximum atomic E-state index is 12.2. The number of pyridine rings is 1. The van der Waals surface area contributed by atoms with Crippen molar-refractivity contribution >= 4 is 11.7 Å². The molecule has 1 atom stereocenters. The lowest BCUT2D eigenvalue weighted by Gasteiger charge is -2.26. The molecule has 0 radical (unpaired) electrons. The van der Waals surface area contributed by atoms with Crippen molar-refractivity contribution in [2.75, 3.05) is 32.1 Å². The molecule has 0 saturated carbocycles. The highest BCUT2D eigenvalue weighted by molar-refractivity contribution is 5.74. The number of anilines is 1. The molecule has 0 fully saturated rings. The molecule has 5 heteroatoms. The minimum atomic E-state index is -0.0929. The van der Waals surface area contributed by atoms with E-state index >= 15 is 0 Å². The van der Waals surface area contributed by atoms with Gasteiger partial charge in [-0.15, -0.1) is 0 Å². The summed E-state index contributed by atoms with van der Waals surface area (Å²) in [5.74, 6) is 0. The average molecular weight is 312 g/mol. The normalized spacial score (nSPS) is 11.6. The lowest BCUT2D eigenvalue weighted by atomic mass is 10.2. The third-order valence-corrected chi connectivity index (χ3v) is 3.94. The first-order valence-corrected chi connectivity index (χ1v) is 7.77. The summed E-state index contributed by atoms with van der Waals surface area (Å²) in [5, 5.41) is 2.95. The molecule has 2 amide bonds. The van der Waals surface area contributed by atoms with E-state index in [0.717, 1.165) is 17.9 Å². The second-order valence-electron chi connectivity index (χ2n) is 5.53. The number of para-hydroxylation sites is 1. The molecule has 5 nitrogen and oxygen atoms in total. The maximum absolute atomic E-state index is 12.2. The number of carbonyl (C=O) groups excluding carboxylic acids is 1. The van der Waals surface area contributed by atoms with E-state index in [9.17, 15) is 4.79 Å². The van der Waals surface area contributed by atoms with E-state index in [1.165, 1.54) is 0 Å². The zero-order valence-electron chi connectivity index (χ0n) is 13.9. The Hall–Kier alpha value is -2.56. The number of amides is 2. The van der Waals surface area contributed by atoms with Crippen molar-refractivity contribution in [2.24, 2.45) is 0 Å². The van der Waals surface area contributed by atoms with Gasteiger partial charge in [0.1, 0.15) is 0 Å².